The Morgan fingerprint density at radius 2 is 2.15 bits per heavy atom. The van der Waals surface area contributed by atoms with Gasteiger partial charge < -0.3 is 5.73 Å². The maximum absolute atomic E-state index is 8.78. The lowest BCUT2D eigenvalue weighted by molar-refractivity contribution is 1.31. The first kappa shape index (κ1) is 7.50. The first-order valence-electron chi connectivity index (χ1n) is 3.71. The summed E-state index contributed by atoms with van der Waals surface area (Å²) in [5.41, 5.74) is 6.14. The smallest absolute Gasteiger partial charge is 0.132 e. The van der Waals surface area contributed by atoms with Gasteiger partial charge in [-0.3, -0.25) is 4.98 Å². The SMILES string of the molecule is N#Cc1cnc(N)c2cnccc12. The van der Waals surface area contributed by atoms with Crippen molar-refractivity contribution >= 4 is 16.6 Å². The van der Waals surface area contributed by atoms with Crippen molar-refractivity contribution in [1.82, 2.24) is 9.97 Å². The Labute approximate surface area is 74.6 Å². The molecule has 0 atom stereocenters. The number of fused-ring (bicyclic) bond motifs is 1. The van der Waals surface area contributed by atoms with Crippen LogP contribution in [0.1, 0.15) is 5.56 Å². The van der Waals surface area contributed by atoms with Crippen LogP contribution >= 0.6 is 0 Å². The quantitative estimate of drug-likeness (QED) is 0.641. The van der Waals surface area contributed by atoms with Crippen LogP contribution in [0.2, 0.25) is 0 Å². The Balaban J connectivity index is 2.95. The normalized spacial score (nSPS) is 9.77. The van der Waals surface area contributed by atoms with E-state index in [1.54, 1.807) is 18.5 Å². The minimum atomic E-state index is 0.405. The van der Waals surface area contributed by atoms with E-state index >= 15 is 0 Å². The lowest BCUT2D eigenvalue weighted by atomic mass is 10.1. The molecule has 0 aliphatic heterocycles. The van der Waals surface area contributed by atoms with Gasteiger partial charge in [-0.1, -0.05) is 0 Å². The van der Waals surface area contributed by atoms with Crippen LogP contribution in [0.3, 0.4) is 0 Å². The number of rotatable bonds is 0. The third kappa shape index (κ3) is 1.07. The summed E-state index contributed by atoms with van der Waals surface area (Å²) in [5, 5.41) is 10.3. The van der Waals surface area contributed by atoms with Gasteiger partial charge in [0.05, 0.1) is 5.56 Å². The van der Waals surface area contributed by atoms with Gasteiger partial charge in [0, 0.05) is 29.4 Å². The second-order valence-electron chi connectivity index (χ2n) is 2.59. The first-order valence-corrected chi connectivity index (χ1v) is 3.71. The summed E-state index contributed by atoms with van der Waals surface area (Å²) in [6, 6.07) is 3.81. The average molecular weight is 170 g/mol. The molecule has 0 spiro atoms. The summed E-state index contributed by atoms with van der Waals surface area (Å²) < 4.78 is 0. The number of anilines is 1. The van der Waals surface area contributed by atoms with E-state index in [2.05, 4.69) is 16.0 Å². The lowest BCUT2D eigenvalue weighted by Crippen LogP contribution is -1.93. The number of hydrogen-bond acceptors (Lipinski definition) is 4. The molecule has 2 rings (SSSR count). The number of nitriles is 1. The highest BCUT2D eigenvalue weighted by Gasteiger charge is 2.03. The molecule has 0 amide bonds. The molecule has 0 fully saturated rings. The molecule has 0 saturated heterocycles. The highest BCUT2D eigenvalue weighted by Crippen LogP contribution is 2.20. The van der Waals surface area contributed by atoms with Crippen LogP contribution in [-0.2, 0) is 0 Å². The fourth-order valence-corrected chi connectivity index (χ4v) is 1.20. The molecular weight excluding hydrogens is 164 g/mol. The van der Waals surface area contributed by atoms with E-state index in [4.69, 9.17) is 11.0 Å². The molecule has 2 heterocycles. The van der Waals surface area contributed by atoms with Gasteiger partial charge in [-0.15, -0.1) is 0 Å². The van der Waals surface area contributed by atoms with Gasteiger partial charge in [0.2, 0.25) is 0 Å². The second kappa shape index (κ2) is 2.72. The van der Waals surface area contributed by atoms with Crippen molar-refractivity contribution in [1.29, 1.82) is 5.26 Å². The minimum absolute atomic E-state index is 0.405. The summed E-state index contributed by atoms with van der Waals surface area (Å²) in [6.45, 7) is 0. The fourth-order valence-electron chi connectivity index (χ4n) is 1.20. The number of aromatic nitrogens is 2. The summed E-state index contributed by atoms with van der Waals surface area (Å²) in [7, 11) is 0. The zero-order valence-corrected chi connectivity index (χ0v) is 6.73. The van der Waals surface area contributed by atoms with Crippen molar-refractivity contribution < 1.29 is 0 Å². The minimum Gasteiger partial charge on any atom is -0.383 e. The van der Waals surface area contributed by atoms with Crippen LogP contribution in [0, 0.1) is 11.3 Å². The number of nitrogen functional groups attached to an aromatic ring is 1. The van der Waals surface area contributed by atoms with Gasteiger partial charge in [0.25, 0.3) is 0 Å². The molecule has 4 heteroatoms. The molecule has 0 aliphatic carbocycles. The fraction of sp³-hybridized carbons (Fsp3) is 0. The van der Waals surface area contributed by atoms with Crippen molar-refractivity contribution in [2.45, 2.75) is 0 Å². The number of hydrogen-bond donors (Lipinski definition) is 1. The predicted octanol–water partition coefficient (Wildman–Crippen LogP) is 1.08. The Morgan fingerprint density at radius 3 is 2.92 bits per heavy atom. The van der Waals surface area contributed by atoms with Gasteiger partial charge in [0.15, 0.2) is 0 Å². The third-order valence-electron chi connectivity index (χ3n) is 1.84. The Kier molecular flexibility index (Phi) is 1.57. The summed E-state index contributed by atoms with van der Waals surface area (Å²) in [5.74, 6) is 0.405. The molecule has 0 aromatic carbocycles. The van der Waals surface area contributed by atoms with E-state index in [-0.39, 0.29) is 0 Å². The monoisotopic (exact) mass is 170 g/mol. The summed E-state index contributed by atoms with van der Waals surface area (Å²) in [4.78, 5) is 7.81. The van der Waals surface area contributed by atoms with Gasteiger partial charge in [-0.2, -0.15) is 5.26 Å². The molecule has 4 nitrogen and oxygen atoms in total. The molecule has 0 aliphatic rings. The van der Waals surface area contributed by atoms with Crippen molar-refractivity contribution in [3.8, 4) is 6.07 Å². The van der Waals surface area contributed by atoms with Crippen molar-refractivity contribution in [2.24, 2.45) is 0 Å². The molecule has 2 aromatic heterocycles. The Bertz CT molecular complexity index is 498. The number of pyridine rings is 2. The van der Waals surface area contributed by atoms with Crippen LogP contribution in [0.15, 0.2) is 24.7 Å². The molecule has 0 radical (unpaired) electrons. The maximum Gasteiger partial charge on any atom is 0.132 e. The van der Waals surface area contributed by atoms with Gasteiger partial charge >= 0.3 is 0 Å². The molecule has 0 unspecified atom stereocenters. The van der Waals surface area contributed by atoms with Gasteiger partial charge in [0.1, 0.15) is 11.9 Å². The van der Waals surface area contributed by atoms with E-state index < -0.39 is 0 Å². The van der Waals surface area contributed by atoms with Crippen LogP contribution in [0.25, 0.3) is 10.8 Å². The Morgan fingerprint density at radius 1 is 1.31 bits per heavy atom. The zero-order chi connectivity index (χ0) is 9.26. The molecule has 0 bridgehead atoms. The largest absolute Gasteiger partial charge is 0.383 e. The average Bonchev–Trinajstić information content (AvgIpc) is 2.19. The lowest BCUT2D eigenvalue weighted by Gasteiger charge is -2.00. The molecule has 13 heavy (non-hydrogen) atoms. The zero-order valence-electron chi connectivity index (χ0n) is 6.73. The van der Waals surface area contributed by atoms with E-state index in [1.807, 2.05) is 0 Å². The standard InChI is InChI=1S/C9H6N4/c10-3-6-4-13-9(11)8-5-12-2-1-7(6)8/h1-2,4-5H,(H2,11,13). The van der Waals surface area contributed by atoms with Crippen LogP contribution in [0.4, 0.5) is 5.82 Å². The van der Waals surface area contributed by atoms with Gasteiger partial charge in [-0.25, -0.2) is 4.98 Å². The van der Waals surface area contributed by atoms with E-state index in [1.165, 1.54) is 6.20 Å². The van der Waals surface area contributed by atoms with E-state index in [9.17, 15) is 0 Å². The molecule has 62 valence electrons. The van der Waals surface area contributed by atoms with E-state index in [0.29, 0.717) is 11.4 Å². The molecule has 2 N–H and O–H groups in total. The topological polar surface area (TPSA) is 75.6 Å². The molecular formula is C9H6N4. The highest BCUT2D eigenvalue weighted by atomic mass is 14.8. The second-order valence-corrected chi connectivity index (χ2v) is 2.59. The van der Waals surface area contributed by atoms with Gasteiger partial charge in [-0.05, 0) is 6.07 Å². The first-order chi connectivity index (χ1) is 6.33. The number of nitrogens with two attached hydrogens (primary N) is 1. The van der Waals surface area contributed by atoms with E-state index in [0.717, 1.165) is 10.8 Å². The summed E-state index contributed by atoms with van der Waals surface area (Å²) in [6.07, 6.45) is 4.71. The summed E-state index contributed by atoms with van der Waals surface area (Å²) >= 11 is 0. The predicted molar refractivity (Wildman–Crippen MR) is 48.7 cm³/mol. The maximum atomic E-state index is 8.78. The van der Waals surface area contributed by atoms with Crippen molar-refractivity contribution in [2.75, 3.05) is 5.73 Å². The van der Waals surface area contributed by atoms with Crippen LogP contribution < -0.4 is 5.73 Å². The molecule has 0 saturated carbocycles. The van der Waals surface area contributed by atoms with Crippen molar-refractivity contribution in [3.05, 3.63) is 30.2 Å². The molecule has 2 aromatic rings. The van der Waals surface area contributed by atoms with Crippen molar-refractivity contribution in [3.63, 3.8) is 0 Å². The van der Waals surface area contributed by atoms with Crippen LogP contribution in [0.5, 0.6) is 0 Å². The van der Waals surface area contributed by atoms with Crippen LogP contribution in [-0.4, -0.2) is 9.97 Å². The highest BCUT2D eigenvalue weighted by molar-refractivity contribution is 5.93. The number of nitrogens with zero attached hydrogens (tertiary/aromatic N) is 3. The Hall–Kier alpha value is -2.15. The third-order valence-corrected chi connectivity index (χ3v) is 1.84.